The van der Waals surface area contributed by atoms with Gasteiger partial charge in [-0.1, -0.05) is 33.1 Å². The Morgan fingerprint density at radius 1 is 1.30 bits per heavy atom. The van der Waals surface area contributed by atoms with Gasteiger partial charge >= 0.3 is 0 Å². The lowest BCUT2D eigenvalue weighted by molar-refractivity contribution is -0.130. The van der Waals surface area contributed by atoms with Gasteiger partial charge in [0.25, 0.3) is 0 Å². The Hall–Kier alpha value is -1.06. The molecular weight excluding hydrogens is 252 g/mol. The zero-order valence-corrected chi connectivity index (χ0v) is 12.9. The van der Waals surface area contributed by atoms with Crippen LogP contribution in [0.4, 0.5) is 0 Å². The SMILES string of the molecule is CC(C)CCNC(=O)C1CC(=O)N(C2CCCCC2)C1. The van der Waals surface area contributed by atoms with Crippen LogP contribution in [0.1, 0.15) is 58.8 Å². The van der Waals surface area contributed by atoms with E-state index in [1.165, 1.54) is 19.3 Å². The first-order valence-electron chi connectivity index (χ1n) is 8.15. The Balaban J connectivity index is 1.80. The Labute approximate surface area is 122 Å². The minimum Gasteiger partial charge on any atom is -0.356 e. The molecule has 4 nitrogen and oxygen atoms in total. The third-order valence-corrected chi connectivity index (χ3v) is 4.57. The second-order valence-electron chi connectivity index (χ2n) is 6.71. The molecule has 1 aliphatic heterocycles. The van der Waals surface area contributed by atoms with E-state index in [1.54, 1.807) is 0 Å². The number of carbonyl (C=O) groups excluding carboxylic acids is 2. The summed E-state index contributed by atoms with van der Waals surface area (Å²) in [7, 11) is 0. The molecule has 20 heavy (non-hydrogen) atoms. The van der Waals surface area contributed by atoms with Crippen LogP contribution >= 0.6 is 0 Å². The molecule has 2 rings (SSSR count). The molecule has 1 saturated carbocycles. The standard InChI is InChI=1S/C16H28N2O2/c1-12(2)8-9-17-16(20)13-10-15(19)18(11-13)14-6-4-3-5-7-14/h12-14H,3-11H2,1-2H3,(H,17,20). The van der Waals surface area contributed by atoms with Crippen molar-refractivity contribution in [2.24, 2.45) is 11.8 Å². The number of amides is 2. The van der Waals surface area contributed by atoms with Crippen LogP contribution in [0, 0.1) is 11.8 Å². The summed E-state index contributed by atoms with van der Waals surface area (Å²) in [6, 6.07) is 0.393. The third kappa shape index (κ3) is 3.97. The summed E-state index contributed by atoms with van der Waals surface area (Å²) in [6.07, 6.45) is 7.38. The number of nitrogens with zero attached hydrogens (tertiary/aromatic N) is 1. The van der Waals surface area contributed by atoms with Crippen LogP contribution < -0.4 is 5.32 Å². The van der Waals surface area contributed by atoms with Crippen molar-refractivity contribution < 1.29 is 9.59 Å². The zero-order chi connectivity index (χ0) is 14.5. The maximum Gasteiger partial charge on any atom is 0.225 e. The van der Waals surface area contributed by atoms with Crippen molar-refractivity contribution in [1.29, 1.82) is 0 Å². The van der Waals surface area contributed by atoms with Crippen LogP contribution in [0.5, 0.6) is 0 Å². The topological polar surface area (TPSA) is 49.4 Å². The highest BCUT2D eigenvalue weighted by molar-refractivity contribution is 5.89. The average molecular weight is 280 g/mol. The minimum atomic E-state index is -0.128. The van der Waals surface area contributed by atoms with Gasteiger partial charge in [0.2, 0.25) is 11.8 Å². The average Bonchev–Trinajstić information content (AvgIpc) is 2.81. The van der Waals surface area contributed by atoms with Gasteiger partial charge < -0.3 is 10.2 Å². The fourth-order valence-electron chi connectivity index (χ4n) is 3.28. The lowest BCUT2D eigenvalue weighted by Crippen LogP contribution is -2.39. The zero-order valence-electron chi connectivity index (χ0n) is 12.9. The van der Waals surface area contributed by atoms with E-state index < -0.39 is 0 Å². The highest BCUT2D eigenvalue weighted by Gasteiger charge is 2.37. The van der Waals surface area contributed by atoms with Gasteiger partial charge in [-0.2, -0.15) is 0 Å². The number of likely N-dealkylation sites (tertiary alicyclic amines) is 1. The predicted molar refractivity (Wildman–Crippen MR) is 79.2 cm³/mol. The summed E-state index contributed by atoms with van der Waals surface area (Å²) in [4.78, 5) is 26.2. The first-order chi connectivity index (χ1) is 9.58. The quantitative estimate of drug-likeness (QED) is 0.840. The van der Waals surface area contributed by atoms with Crippen molar-refractivity contribution in [1.82, 2.24) is 10.2 Å². The molecule has 1 saturated heterocycles. The van der Waals surface area contributed by atoms with Gasteiger partial charge in [-0.05, 0) is 25.2 Å². The number of rotatable bonds is 5. The van der Waals surface area contributed by atoms with E-state index in [0.29, 0.717) is 24.9 Å². The molecule has 0 radical (unpaired) electrons. The lowest BCUT2D eigenvalue weighted by Gasteiger charge is -2.31. The van der Waals surface area contributed by atoms with Crippen LogP contribution in [0.2, 0.25) is 0 Å². The largest absolute Gasteiger partial charge is 0.356 e. The molecule has 2 aliphatic rings. The predicted octanol–water partition coefficient (Wildman–Crippen LogP) is 2.33. The first-order valence-corrected chi connectivity index (χ1v) is 8.15. The fourth-order valence-corrected chi connectivity index (χ4v) is 3.28. The monoisotopic (exact) mass is 280 g/mol. The number of hydrogen-bond donors (Lipinski definition) is 1. The van der Waals surface area contributed by atoms with Crippen molar-refractivity contribution >= 4 is 11.8 Å². The van der Waals surface area contributed by atoms with Gasteiger partial charge in [0.15, 0.2) is 0 Å². The van der Waals surface area contributed by atoms with E-state index in [2.05, 4.69) is 19.2 Å². The summed E-state index contributed by atoms with van der Waals surface area (Å²) in [5.74, 6) is 0.717. The summed E-state index contributed by atoms with van der Waals surface area (Å²) >= 11 is 0. The number of hydrogen-bond acceptors (Lipinski definition) is 2. The Morgan fingerprint density at radius 3 is 2.65 bits per heavy atom. The fraction of sp³-hybridized carbons (Fsp3) is 0.875. The van der Waals surface area contributed by atoms with E-state index in [9.17, 15) is 9.59 Å². The molecule has 0 aromatic rings. The van der Waals surface area contributed by atoms with Gasteiger partial charge in [-0.25, -0.2) is 0 Å². The molecule has 0 aromatic heterocycles. The van der Waals surface area contributed by atoms with Crippen molar-refractivity contribution in [3.8, 4) is 0 Å². The first kappa shape index (κ1) is 15.3. The number of nitrogens with one attached hydrogen (secondary N) is 1. The van der Waals surface area contributed by atoms with E-state index in [1.807, 2.05) is 4.90 Å². The molecule has 4 heteroatoms. The third-order valence-electron chi connectivity index (χ3n) is 4.57. The molecule has 1 atom stereocenters. The molecule has 0 spiro atoms. The van der Waals surface area contributed by atoms with Crippen molar-refractivity contribution in [2.75, 3.05) is 13.1 Å². The van der Waals surface area contributed by atoms with Gasteiger partial charge in [-0.3, -0.25) is 9.59 Å². The number of carbonyl (C=O) groups is 2. The van der Waals surface area contributed by atoms with Crippen LogP contribution in [0.25, 0.3) is 0 Å². The van der Waals surface area contributed by atoms with E-state index >= 15 is 0 Å². The molecule has 1 heterocycles. The molecule has 2 fully saturated rings. The molecule has 114 valence electrons. The molecule has 2 amide bonds. The highest BCUT2D eigenvalue weighted by Crippen LogP contribution is 2.28. The van der Waals surface area contributed by atoms with E-state index in [0.717, 1.165) is 25.8 Å². The van der Waals surface area contributed by atoms with Crippen LogP contribution in [0.15, 0.2) is 0 Å². The maximum atomic E-state index is 12.1. The van der Waals surface area contributed by atoms with Gasteiger partial charge in [-0.15, -0.1) is 0 Å². The molecular formula is C16H28N2O2. The highest BCUT2D eigenvalue weighted by atomic mass is 16.2. The summed E-state index contributed by atoms with van der Waals surface area (Å²) in [6.45, 7) is 5.66. The molecule has 1 unspecified atom stereocenters. The Kier molecular flexibility index (Phi) is 5.44. The maximum absolute atomic E-state index is 12.1. The summed E-state index contributed by atoms with van der Waals surface area (Å²) in [5.41, 5.74) is 0. The normalized spacial score (nSPS) is 24.4. The van der Waals surface area contributed by atoms with Crippen molar-refractivity contribution in [2.45, 2.75) is 64.8 Å². The van der Waals surface area contributed by atoms with Crippen LogP contribution in [-0.4, -0.2) is 35.8 Å². The van der Waals surface area contributed by atoms with Gasteiger partial charge in [0.05, 0.1) is 5.92 Å². The van der Waals surface area contributed by atoms with E-state index in [4.69, 9.17) is 0 Å². The van der Waals surface area contributed by atoms with Gasteiger partial charge in [0.1, 0.15) is 0 Å². The summed E-state index contributed by atoms with van der Waals surface area (Å²) in [5, 5.41) is 2.98. The Morgan fingerprint density at radius 2 is 2.00 bits per heavy atom. The van der Waals surface area contributed by atoms with Crippen molar-refractivity contribution in [3.05, 3.63) is 0 Å². The Bertz CT molecular complexity index is 348. The summed E-state index contributed by atoms with van der Waals surface area (Å²) < 4.78 is 0. The second-order valence-corrected chi connectivity index (χ2v) is 6.71. The smallest absolute Gasteiger partial charge is 0.225 e. The van der Waals surface area contributed by atoms with Gasteiger partial charge in [0, 0.05) is 25.6 Å². The molecule has 1 aliphatic carbocycles. The lowest BCUT2D eigenvalue weighted by atomic mass is 9.94. The van der Waals surface area contributed by atoms with E-state index in [-0.39, 0.29) is 17.7 Å². The minimum absolute atomic E-state index is 0.0670. The molecule has 1 N–H and O–H groups in total. The van der Waals surface area contributed by atoms with Crippen molar-refractivity contribution in [3.63, 3.8) is 0 Å². The molecule has 0 bridgehead atoms. The second kappa shape index (κ2) is 7.09. The van der Waals surface area contributed by atoms with Crippen LogP contribution in [-0.2, 0) is 9.59 Å². The molecule has 0 aromatic carbocycles. The van der Waals surface area contributed by atoms with Crippen LogP contribution in [0.3, 0.4) is 0 Å².